The van der Waals surface area contributed by atoms with E-state index in [2.05, 4.69) is 17.1 Å². The summed E-state index contributed by atoms with van der Waals surface area (Å²) in [6, 6.07) is 22.0. The van der Waals surface area contributed by atoms with Crippen LogP contribution in [0, 0.1) is 6.92 Å². The van der Waals surface area contributed by atoms with Gasteiger partial charge in [0, 0.05) is 5.39 Å². The van der Waals surface area contributed by atoms with E-state index in [4.69, 9.17) is 4.74 Å². The van der Waals surface area contributed by atoms with E-state index in [9.17, 15) is 5.11 Å². The molecule has 126 valence electrons. The number of aryl methyl sites for hydroxylation is 1. The minimum Gasteiger partial charge on any atom is -0.490 e. The zero-order valence-corrected chi connectivity index (χ0v) is 14.1. The van der Waals surface area contributed by atoms with Crippen molar-refractivity contribution in [1.82, 2.24) is 9.55 Å². The van der Waals surface area contributed by atoms with Crippen LogP contribution in [0.5, 0.6) is 5.75 Å². The number of benzene rings is 3. The van der Waals surface area contributed by atoms with Crippen molar-refractivity contribution in [2.45, 2.75) is 19.6 Å². The zero-order valence-electron chi connectivity index (χ0n) is 14.1. The predicted molar refractivity (Wildman–Crippen MR) is 99.9 cm³/mol. The summed E-state index contributed by atoms with van der Waals surface area (Å²) in [7, 11) is 0. The molecule has 0 fully saturated rings. The summed E-state index contributed by atoms with van der Waals surface area (Å²) in [6.07, 6.45) is -0.615. The average Bonchev–Trinajstić information content (AvgIpc) is 2.95. The second kappa shape index (κ2) is 6.57. The molecule has 0 aliphatic rings. The second-order valence-corrected chi connectivity index (χ2v) is 6.20. The Hall–Kier alpha value is -2.85. The molecule has 25 heavy (non-hydrogen) atoms. The van der Waals surface area contributed by atoms with E-state index >= 15 is 0 Å². The molecule has 0 bridgehead atoms. The summed E-state index contributed by atoms with van der Waals surface area (Å²) in [5, 5.41) is 12.7. The van der Waals surface area contributed by atoms with Gasteiger partial charge in [0.15, 0.2) is 0 Å². The number of imidazole rings is 1. The van der Waals surface area contributed by atoms with E-state index in [1.165, 1.54) is 0 Å². The highest BCUT2D eigenvalue weighted by molar-refractivity contribution is 5.88. The van der Waals surface area contributed by atoms with Crippen LogP contribution < -0.4 is 4.74 Å². The van der Waals surface area contributed by atoms with Crippen molar-refractivity contribution in [3.63, 3.8) is 0 Å². The van der Waals surface area contributed by atoms with Gasteiger partial charge >= 0.3 is 0 Å². The molecule has 3 aromatic carbocycles. The van der Waals surface area contributed by atoms with Gasteiger partial charge in [-0.3, -0.25) is 0 Å². The van der Waals surface area contributed by atoms with E-state index in [1.54, 1.807) is 0 Å². The van der Waals surface area contributed by atoms with Crippen LogP contribution >= 0.6 is 0 Å². The highest BCUT2D eigenvalue weighted by Crippen LogP contribution is 2.25. The SMILES string of the molecule is Cc1nc2ccccc2n1CC(O)COc1cccc2ccccc12. The van der Waals surface area contributed by atoms with Crippen molar-refractivity contribution in [3.8, 4) is 5.75 Å². The van der Waals surface area contributed by atoms with Gasteiger partial charge in [-0.1, -0.05) is 48.5 Å². The molecular formula is C21H20N2O2. The van der Waals surface area contributed by atoms with Gasteiger partial charge in [-0.25, -0.2) is 4.98 Å². The number of para-hydroxylation sites is 2. The van der Waals surface area contributed by atoms with Gasteiger partial charge in [-0.15, -0.1) is 0 Å². The summed E-state index contributed by atoms with van der Waals surface area (Å²) in [6.45, 7) is 2.65. The van der Waals surface area contributed by atoms with Crippen LogP contribution in [0.1, 0.15) is 5.82 Å². The number of hydrogen-bond donors (Lipinski definition) is 1. The lowest BCUT2D eigenvalue weighted by molar-refractivity contribution is 0.0937. The molecule has 0 saturated heterocycles. The minimum absolute atomic E-state index is 0.236. The summed E-state index contributed by atoms with van der Waals surface area (Å²) in [4.78, 5) is 4.54. The van der Waals surface area contributed by atoms with E-state index in [0.29, 0.717) is 6.54 Å². The van der Waals surface area contributed by atoms with Crippen LogP contribution in [-0.2, 0) is 6.54 Å². The maximum Gasteiger partial charge on any atom is 0.127 e. The molecule has 4 nitrogen and oxygen atoms in total. The normalized spacial score (nSPS) is 12.6. The lowest BCUT2D eigenvalue weighted by atomic mass is 10.1. The van der Waals surface area contributed by atoms with Crippen molar-refractivity contribution in [1.29, 1.82) is 0 Å². The average molecular weight is 332 g/mol. The first-order valence-corrected chi connectivity index (χ1v) is 8.43. The van der Waals surface area contributed by atoms with Crippen LogP contribution in [0.2, 0.25) is 0 Å². The van der Waals surface area contributed by atoms with Crippen LogP contribution in [0.15, 0.2) is 66.7 Å². The van der Waals surface area contributed by atoms with E-state index in [1.807, 2.05) is 66.1 Å². The van der Waals surface area contributed by atoms with E-state index < -0.39 is 6.10 Å². The Balaban J connectivity index is 1.50. The molecule has 4 heteroatoms. The third kappa shape index (κ3) is 3.08. The van der Waals surface area contributed by atoms with Crippen molar-refractivity contribution >= 4 is 21.8 Å². The number of fused-ring (bicyclic) bond motifs is 2. The van der Waals surface area contributed by atoms with Gasteiger partial charge < -0.3 is 14.4 Å². The molecule has 1 atom stereocenters. The highest BCUT2D eigenvalue weighted by atomic mass is 16.5. The number of nitrogens with zero attached hydrogens (tertiary/aromatic N) is 2. The third-order valence-corrected chi connectivity index (χ3v) is 4.42. The van der Waals surface area contributed by atoms with Crippen LogP contribution in [-0.4, -0.2) is 27.4 Å². The summed E-state index contributed by atoms with van der Waals surface area (Å²) in [5.74, 6) is 1.69. The molecule has 1 heterocycles. The van der Waals surface area contributed by atoms with Crippen LogP contribution in [0.3, 0.4) is 0 Å². The zero-order chi connectivity index (χ0) is 17.2. The molecule has 4 rings (SSSR count). The number of aromatic nitrogens is 2. The summed E-state index contributed by atoms with van der Waals surface area (Å²) >= 11 is 0. The Labute approximate surface area is 146 Å². The molecule has 1 aromatic heterocycles. The molecule has 4 aromatic rings. The molecule has 0 aliphatic heterocycles. The van der Waals surface area contributed by atoms with Crippen LogP contribution in [0.4, 0.5) is 0 Å². The van der Waals surface area contributed by atoms with Crippen LogP contribution in [0.25, 0.3) is 21.8 Å². The van der Waals surface area contributed by atoms with E-state index in [-0.39, 0.29) is 6.61 Å². The maximum atomic E-state index is 10.5. The molecule has 0 spiro atoms. The van der Waals surface area contributed by atoms with Crippen molar-refractivity contribution < 1.29 is 9.84 Å². The first-order valence-electron chi connectivity index (χ1n) is 8.43. The first-order chi connectivity index (χ1) is 12.2. The van der Waals surface area contributed by atoms with Gasteiger partial charge in [-0.05, 0) is 30.5 Å². The monoisotopic (exact) mass is 332 g/mol. The fourth-order valence-electron chi connectivity index (χ4n) is 3.20. The van der Waals surface area contributed by atoms with Gasteiger partial charge in [0.1, 0.15) is 24.3 Å². The second-order valence-electron chi connectivity index (χ2n) is 6.20. The Morgan fingerprint density at radius 2 is 1.76 bits per heavy atom. The fraction of sp³-hybridized carbons (Fsp3) is 0.190. The minimum atomic E-state index is -0.615. The molecule has 0 amide bonds. The lowest BCUT2D eigenvalue weighted by Gasteiger charge is -2.16. The topological polar surface area (TPSA) is 47.3 Å². The fourth-order valence-corrected chi connectivity index (χ4v) is 3.20. The van der Waals surface area contributed by atoms with Gasteiger partial charge in [-0.2, -0.15) is 0 Å². The molecule has 0 saturated carbocycles. The lowest BCUT2D eigenvalue weighted by Crippen LogP contribution is -2.24. The smallest absolute Gasteiger partial charge is 0.127 e. The molecule has 1 N–H and O–H groups in total. The Kier molecular flexibility index (Phi) is 4.12. The van der Waals surface area contributed by atoms with Crippen molar-refractivity contribution in [2.75, 3.05) is 6.61 Å². The van der Waals surface area contributed by atoms with Gasteiger partial charge in [0.05, 0.1) is 17.6 Å². The Morgan fingerprint density at radius 3 is 2.68 bits per heavy atom. The Bertz CT molecular complexity index is 1020. The number of aliphatic hydroxyl groups is 1. The van der Waals surface area contributed by atoms with Gasteiger partial charge in [0.25, 0.3) is 0 Å². The first kappa shape index (κ1) is 15.7. The number of aliphatic hydroxyl groups excluding tert-OH is 1. The largest absolute Gasteiger partial charge is 0.490 e. The number of rotatable bonds is 5. The molecule has 0 radical (unpaired) electrons. The third-order valence-electron chi connectivity index (χ3n) is 4.42. The number of ether oxygens (including phenoxy) is 1. The van der Waals surface area contributed by atoms with Crippen molar-refractivity contribution in [3.05, 3.63) is 72.6 Å². The summed E-state index contributed by atoms with van der Waals surface area (Å²) in [5.41, 5.74) is 1.98. The van der Waals surface area contributed by atoms with Gasteiger partial charge in [0.2, 0.25) is 0 Å². The molecular weight excluding hydrogens is 312 g/mol. The summed E-state index contributed by atoms with van der Waals surface area (Å²) < 4.78 is 7.93. The standard InChI is InChI=1S/C21H20N2O2/c1-15-22-19-10-4-5-11-20(19)23(15)13-17(24)14-25-21-12-6-8-16-7-2-3-9-18(16)21/h2-12,17,24H,13-14H2,1H3. The maximum absolute atomic E-state index is 10.5. The highest BCUT2D eigenvalue weighted by Gasteiger charge is 2.13. The van der Waals surface area contributed by atoms with E-state index in [0.717, 1.165) is 33.4 Å². The number of hydrogen-bond acceptors (Lipinski definition) is 3. The molecule has 0 aliphatic carbocycles. The molecule has 1 unspecified atom stereocenters. The quantitative estimate of drug-likeness (QED) is 0.602. The van der Waals surface area contributed by atoms with Crippen molar-refractivity contribution in [2.24, 2.45) is 0 Å². The predicted octanol–water partition coefficient (Wildman–Crippen LogP) is 3.94. The Morgan fingerprint density at radius 1 is 1.00 bits per heavy atom.